The number of aldehydes is 1. The van der Waals surface area contributed by atoms with Crippen LogP contribution in [0.2, 0.25) is 0 Å². The summed E-state index contributed by atoms with van der Waals surface area (Å²) in [6.45, 7) is 0.373. The Balaban J connectivity index is 2.20. The van der Waals surface area contributed by atoms with Crippen LogP contribution < -0.4 is 0 Å². The number of methoxy groups -OCH3 is 1. The van der Waals surface area contributed by atoms with E-state index in [4.69, 9.17) is 9.47 Å². The summed E-state index contributed by atoms with van der Waals surface area (Å²) < 4.78 is 10.3. The van der Waals surface area contributed by atoms with E-state index in [1.54, 1.807) is 7.11 Å². The normalized spacial score (nSPS) is 28.7. The molecule has 0 aromatic heterocycles. The van der Waals surface area contributed by atoms with E-state index in [0.717, 1.165) is 19.1 Å². The van der Waals surface area contributed by atoms with E-state index in [9.17, 15) is 4.79 Å². The van der Waals surface area contributed by atoms with Crippen molar-refractivity contribution in [1.29, 1.82) is 0 Å². The molecule has 3 nitrogen and oxygen atoms in total. The van der Waals surface area contributed by atoms with Gasteiger partial charge in [0.15, 0.2) is 0 Å². The molecular formula is C10H18O3. The van der Waals surface area contributed by atoms with Gasteiger partial charge in [0.05, 0.1) is 6.10 Å². The number of carbonyl (C=O) groups excluding carboxylic acids is 1. The van der Waals surface area contributed by atoms with Gasteiger partial charge in [0.1, 0.15) is 13.1 Å². The molecule has 2 atom stereocenters. The lowest BCUT2D eigenvalue weighted by Crippen LogP contribution is -2.23. The first-order valence-corrected chi connectivity index (χ1v) is 4.91. The van der Waals surface area contributed by atoms with E-state index in [0.29, 0.717) is 25.2 Å². The van der Waals surface area contributed by atoms with Crippen LogP contribution in [0.4, 0.5) is 0 Å². The fourth-order valence-electron chi connectivity index (χ4n) is 1.91. The summed E-state index contributed by atoms with van der Waals surface area (Å²) in [6, 6.07) is 0. The molecule has 0 spiro atoms. The number of ether oxygens (including phenoxy) is 2. The van der Waals surface area contributed by atoms with Gasteiger partial charge in [-0.15, -0.1) is 0 Å². The lowest BCUT2D eigenvalue weighted by atomic mass is 9.85. The third-order valence-electron chi connectivity index (χ3n) is 2.59. The molecule has 1 saturated carbocycles. The average molecular weight is 186 g/mol. The molecule has 1 aliphatic carbocycles. The monoisotopic (exact) mass is 186 g/mol. The average Bonchev–Trinajstić information content (AvgIpc) is 2.16. The van der Waals surface area contributed by atoms with E-state index in [1.807, 2.05) is 0 Å². The predicted molar refractivity (Wildman–Crippen MR) is 49.4 cm³/mol. The Morgan fingerprint density at radius 3 is 3.00 bits per heavy atom. The minimum Gasteiger partial charge on any atom is -0.359 e. The molecule has 0 unspecified atom stereocenters. The maximum atomic E-state index is 10.3. The number of hydrogen-bond acceptors (Lipinski definition) is 3. The Morgan fingerprint density at radius 1 is 1.46 bits per heavy atom. The number of rotatable bonds is 5. The second kappa shape index (κ2) is 6.11. The highest BCUT2D eigenvalue weighted by atomic mass is 16.7. The lowest BCUT2D eigenvalue weighted by Gasteiger charge is -2.27. The second-order valence-electron chi connectivity index (χ2n) is 3.63. The Kier molecular flexibility index (Phi) is 5.01. The van der Waals surface area contributed by atoms with Crippen LogP contribution in [0.15, 0.2) is 0 Å². The zero-order valence-corrected chi connectivity index (χ0v) is 8.20. The van der Waals surface area contributed by atoms with Crippen LogP contribution in [0.3, 0.4) is 0 Å². The lowest BCUT2D eigenvalue weighted by molar-refractivity contribution is -0.110. The molecule has 0 N–H and O–H groups in total. The van der Waals surface area contributed by atoms with Gasteiger partial charge in [-0.25, -0.2) is 0 Å². The molecule has 1 rings (SSSR count). The molecule has 0 bridgehead atoms. The van der Waals surface area contributed by atoms with Gasteiger partial charge in [-0.2, -0.15) is 0 Å². The Labute approximate surface area is 79.4 Å². The van der Waals surface area contributed by atoms with Crippen LogP contribution in [-0.4, -0.2) is 26.3 Å². The minimum atomic E-state index is 0.304. The topological polar surface area (TPSA) is 35.5 Å². The van der Waals surface area contributed by atoms with Crippen molar-refractivity contribution in [2.45, 2.75) is 38.2 Å². The zero-order valence-electron chi connectivity index (χ0n) is 8.20. The molecule has 3 heteroatoms. The van der Waals surface area contributed by atoms with Gasteiger partial charge >= 0.3 is 0 Å². The molecule has 0 aromatic carbocycles. The molecule has 1 fully saturated rings. The summed E-state index contributed by atoms with van der Waals surface area (Å²) >= 11 is 0. The van der Waals surface area contributed by atoms with Crippen LogP contribution >= 0.6 is 0 Å². The smallest absolute Gasteiger partial charge is 0.146 e. The molecule has 13 heavy (non-hydrogen) atoms. The van der Waals surface area contributed by atoms with Crippen molar-refractivity contribution < 1.29 is 14.3 Å². The fraction of sp³-hybridized carbons (Fsp3) is 0.900. The molecule has 0 heterocycles. The third kappa shape index (κ3) is 3.87. The Bertz CT molecular complexity index is 147. The van der Waals surface area contributed by atoms with Crippen LogP contribution in [0, 0.1) is 5.92 Å². The molecular weight excluding hydrogens is 168 g/mol. The zero-order chi connectivity index (χ0) is 9.52. The SMILES string of the molecule is COCO[C@H]1CCC[C@H](CC=O)C1. The van der Waals surface area contributed by atoms with Crippen molar-refractivity contribution in [2.75, 3.05) is 13.9 Å². The maximum absolute atomic E-state index is 10.3. The van der Waals surface area contributed by atoms with Gasteiger partial charge < -0.3 is 14.3 Å². The molecule has 0 saturated heterocycles. The summed E-state index contributed by atoms with van der Waals surface area (Å²) in [5, 5.41) is 0. The highest BCUT2D eigenvalue weighted by Crippen LogP contribution is 2.27. The molecule has 0 amide bonds. The van der Waals surface area contributed by atoms with Gasteiger partial charge in [-0.05, 0) is 25.2 Å². The van der Waals surface area contributed by atoms with Crippen LogP contribution in [0.25, 0.3) is 0 Å². The van der Waals surface area contributed by atoms with Crippen molar-refractivity contribution in [1.82, 2.24) is 0 Å². The number of hydrogen-bond donors (Lipinski definition) is 0. The summed E-state index contributed by atoms with van der Waals surface area (Å²) in [7, 11) is 1.63. The van der Waals surface area contributed by atoms with Gasteiger partial charge in [-0.3, -0.25) is 0 Å². The van der Waals surface area contributed by atoms with E-state index >= 15 is 0 Å². The molecule has 76 valence electrons. The van der Waals surface area contributed by atoms with Crippen molar-refractivity contribution in [3.05, 3.63) is 0 Å². The van der Waals surface area contributed by atoms with Gasteiger partial charge in [0.2, 0.25) is 0 Å². The predicted octanol–water partition coefficient (Wildman–Crippen LogP) is 1.75. The molecule has 1 aliphatic rings. The largest absolute Gasteiger partial charge is 0.359 e. The van der Waals surface area contributed by atoms with Crippen LogP contribution in [0.5, 0.6) is 0 Å². The molecule has 0 radical (unpaired) electrons. The first-order valence-electron chi connectivity index (χ1n) is 4.91. The van der Waals surface area contributed by atoms with Gasteiger partial charge in [-0.1, -0.05) is 6.42 Å². The Morgan fingerprint density at radius 2 is 2.31 bits per heavy atom. The highest BCUT2D eigenvalue weighted by Gasteiger charge is 2.21. The van der Waals surface area contributed by atoms with Crippen LogP contribution in [0.1, 0.15) is 32.1 Å². The van der Waals surface area contributed by atoms with E-state index in [1.165, 1.54) is 12.8 Å². The first kappa shape index (κ1) is 10.7. The van der Waals surface area contributed by atoms with Crippen molar-refractivity contribution in [3.8, 4) is 0 Å². The highest BCUT2D eigenvalue weighted by molar-refractivity contribution is 5.49. The maximum Gasteiger partial charge on any atom is 0.146 e. The van der Waals surface area contributed by atoms with Crippen molar-refractivity contribution >= 4 is 6.29 Å². The van der Waals surface area contributed by atoms with Crippen molar-refractivity contribution in [3.63, 3.8) is 0 Å². The fourth-order valence-corrected chi connectivity index (χ4v) is 1.91. The molecule has 0 aliphatic heterocycles. The minimum absolute atomic E-state index is 0.304. The van der Waals surface area contributed by atoms with Crippen molar-refractivity contribution in [2.24, 2.45) is 5.92 Å². The summed E-state index contributed by atoms with van der Waals surface area (Å²) in [5.41, 5.74) is 0. The quantitative estimate of drug-likeness (QED) is 0.484. The number of carbonyl (C=O) groups is 1. The van der Waals surface area contributed by atoms with E-state index in [-0.39, 0.29) is 0 Å². The summed E-state index contributed by atoms with van der Waals surface area (Å²) in [4.78, 5) is 10.3. The Hall–Kier alpha value is -0.410. The van der Waals surface area contributed by atoms with E-state index < -0.39 is 0 Å². The van der Waals surface area contributed by atoms with Crippen LogP contribution in [-0.2, 0) is 14.3 Å². The second-order valence-corrected chi connectivity index (χ2v) is 3.63. The first-order chi connectivity index (χ1) is 6.36. The standard InChI is InChI=1S/C10H18O3/c1-12-8-13-10-4-2-3-9(7-10)5-6-11/h6,9-10H,2-5,7-8H2,1H3/t9-,10+/m1/s1. The van der Waals surface area contributed by atoms with Gasteiger partial charge in [0, 0.05) is 13.5 Å². The van der Waals surface area contributed by atoms with E-state index in [2.05, 4.69) is 0 Å². The summed E-state index contributed by atoms with van der Waals surface area (Å²) in [6.07, 6.45) is 6.48. The third-order valence-corrected chi connectivity index (χ3v) is 2.59. The van der Waals surface area contributed by atoms with Gasteiger partial charge in [0.25, 0.3) is 0 Å². The summed E-state index contributed by atoms with van der Waals surface area (Å²) in [5.74, 6) is 0.535. The molecule has 0 aromatic rings.